The third kappa shape index (κ3) is 4.75. The molecule has 1 aromatic heterocycles. The van der Waals surface area contributed by atoms with Crippen molar-refractivity contribution in [1.82, 2.24) is 9.88 Å². The molecule has 114 valence electrons. The number of halogens is 3. The van der Waals surface area contributed by atoms with Gasteiger partial charge < -0.3 is 15.0 Å². The van der Waals surface area contributed by atoms with Gasteiger partial charge >= 0.3 is 6.18 Å². The van der Waals surface area contributed by atoms with Gasteiger partial charge in [0.1, 0.15) is 12.2 Å². The molecule has 1 rings (SSSR count). The van der Waals surface area contributed by atoms with Crippen molar-refractivity contribution in [3.8, 4) is 0 Å². The summed E-state index contributed by atoms with van der Waals surface area (Å²) in [4.78, 5) is 12.0. The van der Waals surface area contributed by atoms with Crippen molar-refractivity contribution >= 4 is 17.7 Å². The molecular weight excluding hydrogens is 293 g/mol. The van der Waals surface area contributed by atoms with Crippen molar-refractivity contribution in [3.05, 3.63) is 24.0 Å². The number of hydrogen-bond donors (Lipinski definition) is 2. The maximum absolute atomic E-state index is 12.4. The Kier molecular flexibility index (Phi) is 5.94. The molecule has 0 aliphatic heterocycles. The highest BCUT2D eigenvalue weighted by atomic mass is 32.2. The second-order valence-electron chi connectivity index (χ2n) is 4.36. The van der Waals surface area contributed by atoms with Crippen LogP contribution in [0.2, 0.25) is 0 Å². The summed E-state index contributed by atoms with van der Waals surface area (Å²) in [6.07, 6.45) is -1.38. The molecule has 8 heteroatoms. The highest BCUT2D eigenvalue weighted by Gasteiger charge is 2.29. The Morgan fingerprint density at radius 3 is 2.70 bits per heavy atom. The lowest BCUT2D eigenvalue weighted by Gasteiger charge is -2.21. The van der Waals surface area contributed by atoms with E-state index < -0.39 is 18.6 Å². The number of carbonyl (C=O) groups excluding carboxylic acids is 1. The van der Waals surface area contributed by atoms with Crippen molar-refractivity contribution in [2.45, 2.75) is 30.9 Å². The largest absolute Gasteiger partial charge is 0.406 e. The smallest absolute Gasteiger partial charge is 0.395 e. The molecule has 0 saturated carbocycles. The number of amides is 1. The first kappa shape index (κ1) is 16.9. The van der Waals surface area contributed by atoms with E-state index in [1.807, 2.05) is 0 Å². The van der Waals surface area contributed by atoms with Crippen molar-refractivity contribution in [3.63, 3.8) is 0 Å². The highest BCUT2D eigenvalue weighted by Crippen LogP contribution is 2.19. The minimum Gasteiger partial charge on any atom is -0.395 e. The van der Waals surface area contributed by atoms with Crippen LogP contribution in [-0.4, -0.2) is 45.9 Å². The first-order valence-electron chi connectivity index (χ1n) is 5.95. The molecular formula is C12H17F3N2O2S. The normalized spacial score (nSPS) is 14.9. The fourth-order valence-electron chi connectivity index (χ4n) is 1.76. The second-order valence-corrected chi connectivity index (χ2v) is 5.43. The van der Waals surface area contributed by atoms with Crippen molar-refractivity contribution in [1.29, 1.82) is 0 Å². The predicted molar refractivity (Wildman–Crippen MR) is 71.8 cm³/mol. The number of nitrogens with one attached hydrogen (secondary N) is 1. The maximum Gasteiger partial charge on any atom is 0.406 e. The van der Waals surface area contributed by atoms with E-state index in [4.69, 9.17) is 5.11 Å². The van der Waals surface area contributed by atoms with E-state index in [0.717, 1.165) is 4.57 Å². The second kappa shape index (κ2) is 7.03. The van der Waals surface area contributed by atoms with Gasteiger partial charge in [-0.3, -0.25) is 4.79 Å². The monoisotopic (exact) mass is 310 g/mol. The van der Waals surface area contributed by atoms with Crippen LogP contribution < -0.4 is 5.32 Å². The van der Waals surface area contributed by atoms with E-state index in [-0.39, 0.29) is 23.6 Å². The standard InChI is InChI=1S/C12H17F3N2O2S/c1-8(10(6-18)20-2)16-11(19)9-4-3-5-17(9)7-12(13,14)15/h3-5,8,10,18H,6-7H2,1-2H3,(H,16,19). The van der Waals surface area contributed by atoms with Crippen LogP contribution >= 0.6 is 11.8 Å². The molecule has 0 fully saturated rings. The van der Waals surface area contributed by atoms with Crippen LogP contribution in [0, 0.1) is 0 Å². The van der Waals surface area contributed by atoms with E-state index in [1.165, 1.54) is 30.1 Å². The van der Waals surface area contributed by atoms with E-state index in [2.05, 4.69) is 5.32 Å². The molecule has 1 amide bonds. The number of nitrogens with zero attached hydrogens (tertiary/aromatic N) is 1. The van der Waals surface area contributed by atoms with Crippen LogP contribution in [0.15, 0.2) is 18.3 Å². The van der Waals surface area contributed by atoms with Gasteiger partial charge in [-0.15, -0.1) is 0 Å². The Morgan fingerprint density at radius 1 is 1.55 bits per heavy atom. The summed E-state index contributed by atoms with van der Waals surface area (Å²) in [5.74, 6) is -0.584. The third-order valence-electron chi connectivity index (χ3n) is 2.81. The van der Waals surface area contributed by atoms with Crippen molar-refractivity contribution in [2.24, 2.45) is 0 Å². The SMILES string of the molecule is CSC(CO)C(C)NC(=O)c1cccn1CC(F)(F)F. The van der Waals surface area contributed by atoms with Crippen LogP contribution in [0.1, 0.15) is 17.4 Å². The molecule has 0 bridgehead atoms. The molecule has 1 aromatic rings. The zero-order valence-electron chi connectivity index (χ0n) is 11.1. The molecule has 0 aromatic carbocycles. The molecule has 0 radical (unpaired) electrons. The fraction of sp³-hybridized carbons (Fsp3) is 0.583. The molecule has 2 unspecified atom stereocenters. The number of carbonyl (C=O) groups is 1. The van der Waals surface area contributed by atoms with Gasteiger partial charge in [-0.2, -0.15) is 24.9 Å². The minimum atomic E-state index is -4.38. The molecule has 1 heterocycles. The van der Waals surface area contributed by atoms with Gasteiger partial charge in [-0.1, -0.05) is 0 Å². The highest BCUT2D eigenvalue weighted by molar-refractivity contribution is 7.99. The Labute approximate surface area is 119 Å². The Bertz CT molecular complexity index is 444. The van der Waals surface area contributed by atoms with Crippen molar-refractivity contribution in [2.75, 3.05) is 12.9 Å². The number of alkyl halides is 3. The third-order valence-corrected chi connectivity index (χ3v) is 3.97. The summed E-state index contributed by atoms with van der Waals surface area (Å²) >= 11 is 1.38. The van der Waals surface area contributed by atoms with E-state index in [9.17, 15) is 18.0 Å². The molecule has 2 atom stereocenters. The van der Waals surface area contributed by atoms with Gasteiger partial charge in [-0.25, -0.2) is 0 Å². The molecule has 2 N–H and O–H groups in total. The Hall–Kier alpha value is -1.15. The fourth-order valence-corrected chi connectivity index (χ4v) is 2.39. The number of aliphatic hydroxyl groups is 1. The molecule has 0 aliphatic rings. The Balaban J connectivity index is 2.76. The van der Waals surface area contributed by atoms with Crippen molar-refractivity contribution < 1.29 is 23.1 Å². The lowest BCUT2D eigenvalue weighted by atomic mass is 10.2. The van der Waals surface area contributed by atoms with Gasteiger partial charge in [-0.05, 0) is 25.3 Å². The molecule has 0 spiro atoms. The van der Waals surface area contributed by atoms with Crippen LogP contribution in [0.4, 0.5) is 13.2 Å². The number of thioether (sulfide) groups is 1. The molecule has 20 heavy (non-hydrogen) atoms. The first-order chi connectivity index (χ1) is 9.28. The number of aliphatic hydroxyl groups excluding tert-OH is 1. The zero-order valence-corrected chi connectivity index (χ0v) is 12.0. The minimum absolute atomic E-state index is 0.0491. The summed E-state index contributed by atoms with van der Waals surface area (Å²) in [7, 11) is 0. The molecule has 4 nitrogen and oxygen atoms in total. The van der Waals surface area contributed by atoms with Gasteiger partial charge in [0.05, 0.1) is 6.61 Å². The number of rotatable bonds is 6. The number of aromatic nitrogens is 1. The predicted octanol–water partition coefficient (Wildman–Crippen LogP) is 1.89. The number of hydrogen-bond acceptors (Lipinski definition) is 3. The summed E-state index contributed by atoms with van der Waals surface area (Å²) in [6, 6.07) is 2.38. The van der Waals surface area contributed by atoms with Gasteiger partial charge in [0.15, 0.2) is 0 Å². The zero-order chi connectivity index (χ0) is 15.3. The van der Waals surface area contributed by atoms with Gasteiger partial charge in [0.2, 0.25) is 0 Å². The first-order valence-corrected chi connectivity index (χ1v) is 7.23. The summed E-state index contributed by atoms with van der Waals surface area (Å²) in [6.45, 7) is 0.377. The summed E-state index contributed by atoms with van der Waals surface area (Å²) in [5, 5.41) is 11.5. The van der Waals surface area contributed by atoms with Crippen LogP contribution in [0.25, 0.3) is 0 Å². The Morgan fingerprint density at radius 2 is 2.20 bits per heavy atom. The average Bonchev–Trinajstić information content (AvgIpc) is 2.76. The maximum atomic E-state index is 12.4. The summed E-state index contributed by atoms with van der Waals surface area (Å²) in [5.41, 5.74) is -0.0491. The molecule has 0 aliphatic carbocycles. The molecule has 0 saturated heterocycles. The van der Waals surface area contributed by atoms with Gasteiger partial charge in [0, 0.05) is 17.5 Å². The van der Waals surface area contributed by atoms with E-state index >= 15 is 0 Å². The topological polar surface area (TPSA) is 54.3 Å². The lowest BCUT2D eigenvalue weighted by molar-refractivity contribution is -0.140. The van der Waals surface area contributed by atoms with E-state index in [0.29, 0.717) is 0 Å². The van der Waals surface area contributed by atoms with Crippen LogP contribution in [0.3, 0.4) is 0 Å². The van der Waals surface area contributed by atoms with E-state index in [1.54, 1.807) is 13.2 Å². The lowest BCUT2D eigenvalue weighted by Crippen LogP contribution is -2.42. The quantitative estimate of drug-likeness (QED) is 0.844. The van der Waals surface area contributed by atoms with Crippen LogP contribution in [-0.2, 0) is 6.54 Å². The van der Waals surface area contributed by atoms with Crippen LogP contribution in [0.5, 0.6) is 0 Å². The van der Waals surface area contributed by atoms with Gasteiger partial charge in [0.25, 0.3) is 5.91 Å². The average molecular weight is 310 g/mol. The summed E-state index contributed by atoms with van der Waals surface area (Å²) < 4.78 is 38.0.